The lowest BCUT2D eigenvalue weighted by molar-refractivity contribution is 0.309. The summed E-state index contributed by atoms with van der Waals surface area (Å²) in [5.41, 5.74) is 2.59. The number of nitrogens with zero attached hydrogens (tertiary/aromatic N) is 2. The van der Waals surface area contributed by atoms with Crippen LogP contribution in [-0.2, 0) is 10.0 Å². The second kappa shape index (κ2) is 5.00. The van der Waals surface area contributed by atoms with Crippen molar-refractivity contribution >= 4 is 10.0 Å². The first-order valence-corrected chi connectivity index (χ1v) is 8.04. The molecule has 3 rings (SSSR count). The van der Waals surface area contributed by atoms with Crippen LogP contribution in [0, 0.1) is 6.92 Å². The lowest BCUT2D eigenvalue weighted by Gasteiger charge is -2.30. The molecule has 0 saturated carbocycles. The molecule has 20 heavy (non-hydrogen) atoms. The average molecular weight is 288 g/mol. The molecule has 1 fully saturated rings. The van der Waals surface area contributed by atoms with Crippen LogP contribution in [0.4, 0.5) is 0 Å². The fourth-order valence-electron chi connectivity index (χ4n) is 2.28. The van der Waals surface area contributed by atoms with E-state index < -0.39 is 10.0 Å². The van der Waals surface area contributed by atoms with E-state index in [2.05, 4.69) is 4.98 Å². The third kappa shape index (κ3) is 2.23. The van der Waals surface area contributed by atoms with Crippen LogP contribution in [0.5, 0.6) is 0 Å². The van der Waals surface area contributed by atoms with Crippen molar-refractivity contribution in [2.24, 2.45) is 0 Å². The highest BCUT2D eigenvalue weighted by Gasteiger charge is 2.31. The van der Waals surface area contributed by atoms with E-state index in [9.17, 15) is 8.42 Å². The molecule has 4 nitrogen and oxygen atoms in total. The highest BCUT2D eigenvalue weighted by molar-refractivity contribution is 7.89. The van der Waals surface area contributed by atoms with Crippen molar-refractivity contribution in [3.8, 4) is 11.1 Å². The molecule has 1 aromatic heterocycles. The zero-order valence-electron chi connectivity index (χ0n) is 11.3. The van der Waals surface area contributed by atoms with E-state index in [0.29, 0.717) is 18.0 Å². The molecule has 0 unspecified atom stereocenters. The Hall–Kier alpha value is -1.72. The molecule has 1 saturated heterocycles. The molecule has 5 heteroatoms. The van der Waals surface area contributed by atoms with E-state index in [1.54, 1.807) is 18.5 Å². The minimum Gasteiger partial charge on any atom is -0.264 e. The van der Waals surface area contributed by atoms with Crippen LogP contribution in [0.3, 0.4) is 0 Å². The summed E-state index contributed by atoms with van der Waals surface area (Å²) in [7, 11) is -3.39. The second-order valence-corrected chi connectivity index (χ2v) is 6.91. The Kier molecular flexibility index (Phi) is 3.31. The van der Waals surface area contributed by atoms with Gasteiger partial charge in [-0.05, 0) is 25.5 Å². The van der Waals surface area contributed by atoms with Crippen molar-refractivity contribution in [1.82, 2.24) is 9.29 Å². The summed E-state index contributed by atoms with van der Waals surface area (Å²) in [5.74, 6) is 0. The molecule has 1 aliphatic heterocycles. The summed E-state index contributed by atoms with van der Waals surface area (Å²) in [5, 5.41) is 0. The smallest absolute Gasteiger partial charge is 0.243 e. The lowest BCUT2D eigenvalue weighted by Crippen LogP contribution is -2.42. The zero-order valence-corrected chi connectivity index (χ0v) is 12.1. The van der Waals surface area contributed by atoms with Gasteiger partial charge in [-0.3, -0.25) is 4.98 Å². The highest BCUT2D eigenvalue weighted by atomic mass is 32.2. The summed E-state index contributed by atoms with van der Waals surface area (Å²) >= 11 is 0. The topological polar surface area (TPSA) is 50.3 Å². The number of sulfonamides is 1. The normalized spacial score (nSPS) is 15.8. The van der Waals surface area contributed by atoms with Gasteiger partial charge in [-0.25, -0.2) is 8.42 Å². The van der Waals surface area contributed by atoms with Crippen molar-refractivity contribution < 1.29 is 8.42 Å². The quantitative estimate of drug-likeness (QED) is 0.871. The van der Waals surface area contributed by atoms with Crippen LogP contribution >= 0.6 is 0 Å². The first-order chi connectivity index (χ1) is 9.59. The summed E-state index contributed by atoms with van der Waals surface area (Å²) in [4.78, 5) is 4.46. The fourth-order valence-corrected chi connectivity index (χ4v) is 3.99. The Balaban J connectivity index is 2.17. The van der Waals surface area contributed by atoms with E-state index in [1.807, 2.05) is 31.2 Å². The Morgan fingerprint density at radius 2 is 2.00 bits per heavy atom. The van der Waals surface area contributed by atoms with Gasteiger partial charge in [0.2, 0.25) is 10.0 Å². The zero-order chi connectivity index (χ0) is 14.2. The molecule has 1 aromatic carbocycles. The van der Waals surface area contributed by atoms with Crippen molar-refractivity contribution in [3.05, 3.63) is 48.3 Å². The molecular weight excluding hydrogens is 272 g/mol. The van der Waals surface area contributed by atoms with Gasteiger partial charge in [0.25, 0.3) is 0 Å². The maximum atomic E-state index is 12.6. The van der Waals surface area contributed by atoms with E-state index in [4.69, 9.17) is 0 Å². The first kappa shape index (κ1) is 13.3. The van der Waals surface area contributed by atoms with Crippen LogP contribution in [0.15, 0.2) is 47.6 Å². The minimum atomic E-state index is -3.39. The van der Waals surface area contributed by atoms with Crippen LogP contribution in [-0.4, -0.2) is 30.8 Å². The van der Waals surface area contributed by atoms with E-state index in [1.165, 1.54) is 4.31 Å². The molecule has 2 heterocycles. The molecule has 0 aliphatic carbocycles. The fraction of sp³-hybridized carbons (Fsp3) is 0.267. The summed E-state index contributed by atoms with van der Waals surface area (Å²) in [6, 6.07) is 9.15. The van der Waals surface area contributed by atoms with Crippen LogP contribution in [0.1, 0.15) is 12.0 Å². The van der Waals surface area contributed by atoms with Gasteiger partial charge in [0, 0.05) is 36.6 Å². The van der Waals surface area contributed by atoms with Gasteiger partial charge in [-0.15, -0.1) is 0 Å². The predicted molar refractivity (Wildman–Crippen MR) is 77.8 cm³/mol. The Labute approximate surface area is 119 Å². The molecule has 2 aromatic rings. The van der Waals surface area contributed by atoms with Crippen LogP contribution in [0.2, 0.25) is 0 Å². The maximum Gasteiger partial charge on any atom is 0.243 e. The number of hydrogen-bond donors (Lipinski definition) is 0. The van der Waals surface area contributed by atoms with E-state index in [-0.39, 0.29) is 0 Å². The monoisotopic (exact) mass is 288 g/mol. The van der Waals surface area contributed by atoms with Gasteiger partial charge >= 0.3 is 0 Å². The number of aryl methyl sites for hydroxylation is 1. The molecule has 0 spiro atoms. The first-order valence-electron chi connectivity index (χ1n) is 6.60. The molecule has 0 atom stereocenters. The Bertz CT molecular complexity index is 723. The standard InChI is InChI=1S/C15H16N2O2S/c1-12-5-6-15(20(18,19)17-8-3-9-17)14(10-12)13-4-2-7-16-11-13/h2,4-7,10-11H,3,8-9H2,1H3. The molecule has 104 valence electrons. The van der Waals surface area contributed by atoms with Gasteiger partial charge in [-0.1, -0.05) is 23.8 Å². The minimum absolute atomic E-state index is 0.371. The number of pyridine rings is 1. The van der Waals surface area contributed by atoms with Gasteiger partial charge < -0.3 is 0 Å². The van der Waals surface area contributed by atoms with Crippen LogP contribution in [0.25, 0.3) is 11.1 Å². The van der Waals surface area contributed by atoms with Gasteiger partial charge in [0.15, 0.2) is 0 Å². The van der Waals surface area contributed by atoms with Gasteiger partial charge in [-0.2, -0.15) is 4.31 Å². The average Bonchev–Trinajstić information content (AvgIpc) is 2.36. The lowest BCUT2D eigenvalue weighted by atomic mass is 10.1. The molecule has 0 radical (unpaired) electrons. The van der Waals surface area contributed by atoms with E-state index >= 15 is 0 Å². The maximum absolute atomic E-state index is 12.6. The largest absolute Gasteiger partial charge is 0.264 e. The van der Waals surface area contributed by atoms with Gasteiger partial charge in [0.05, 0.1) is 4.90 Å². The third-order valence-electron chi connectivity index (χ3n) is 3.54. The number of rotatable bonds is 3. The third-order valence-corrected chi connectivity index (χ3v) is 5.50. The Morgan fingerprint density at radius 1 is 1.20 bits per heavy atom. The van der Waals surface area contributed by atoms with Crippen molar-refractivity contribution in [3.63, 3.8) is 0 Å². The number of aromatic nitrogens is 1. The van der Waals surface area contributed by atoms with Crippen LogP contribution < -0.4 is 0 Å². The van der Waals surface area contributed by atoms with Crippen molar-refractivity contribution in [2.45, 2.75) is 18.2 Å². The molecular formula is C15H16N2O2S. The summed E-state index contributed by atoms with van der Waals surface area (Å²) in [6.07, 6.45) is 4.32. The second-order valence-electron chi connectivity index (χ2n) is 5.00. The van der Waals surface area contributed by atoms with Gasteiger partial charge in [0.1, 0.15) is 0 Å². The predicted octanol–water partition coefficient (Wildman–Crippen LogP) is 2.45. The summed E-state index contributed by atoms with van der Waals surface area (Å²) in [6.45, 7) is 3.19. The SMILES string of the molecule is Cc1ccc(S(=O)(=O)N2CCC2)c(-c2cccnc2)c1. The van der Waals surface area contributed by atoms with E-state index in [0.717, 1.165) is 23.1 Å². The molecule has 0 N–H and O–H groups in total. The number of benzene rings is 1. The molecule has 0 bridgehead atoms. The number of hydrogen-bond acceptors (Lipinski definition) is 3. The molecule has 1 aliphatic rings. The van der Waals surface area contributed by atoms with Crippen molar-refractivity contribution in [2.75, 3.05) is 13.1 Å². The molecule has 0 amide bonds. The summed E-state index contributed by atoms with van der Waals surface area (Å²) < 4.78 is 26.8. The highest BCUT2D eigenvalue weighted by Crippen LogP contribution is 2.31. The Morgan fingerprint density at radius 3 is 2.60 bits per heavy atom. The van der Waals surface area contributed by atoms with Crippen molar-refractivity contribution in [1.29, 1.82) is 0 Å².